The molecule has 0 radical (unpaired) electrons. The molecule has 1 amide bonds. The fourth-order valence-corrected chi connectivity index (χ4v) is 2.87. The lowest BCUT2D eigenvalue weighted by molar-refractivity contribution is 0.0945. The molecule has 3 N–H and O–H groups in total. The molecule has 4 nitrogen and oxygen atoms in total. The molecule has 2 unspecified atom stereocenters. The predicted octanol–water partition coefficient (Wildman–Crippen LogP) is 1.91. The first-order valence-electron chi connectivity index (χ1n) is 6.94. The molecule has 1 saturated heterocycles. The van der Waals surface area contributed by atoms with Gasteiger partial charge in [-0.15, -0.1) is 0 Å². The molecule has 1 aliphatic rings. The lowest BCUT2D eigenvalue weighted by atomic mass is 9.92. The average Bonchev–Trinajstić information content (AvgIpc) is 2.41. The van der Waals surface area contributed by atoms with Gasteiger partial charge in [0.2, 0.25) is 0 Å². The van der Waals surface area contributed by atoms with Gasteiger partial charge in [-0.2, -0.15) is 0 Å². The Kier molecular flexibility index (Phi) is 4.56. The van der Waals surface area contributed by atoms with E-state index in [1.165, 1.54) is 12.8 Å². The molecular formula is C15H23N3O. The Morgan fingerprint density at radius 3 is 2.84 bits per heavy atom. The summed E-state index contributed by atoms with van der Waals surface area (Å²) in [5.74, 6) is 5.82. The number of hydrazine groups is 1. The van der Waals surface area contributed by atoms with E-state index in [9.17, 15) is 4.79 Å². The van der Waals surface area contributed by atoms with E-state index in [1.54, 1.807) is 0 Å². The van der Waals surface area contributed by atoms with Gasteiger partial charge in [0.25, 0.3) is 5.91 Å². The summed E-state index contributed by atoms with van der Waals surface area (Å²) in [5, 5.41) is 0. The molecule has 104 valence electrons. The third-order valence-corrected chi connectivity index (χ3v) is 4.04. The van der Waals surface area contributed by atoms with Gasteiger partial charge in [0, 0.05) is 18.2 Å². The summed E-state index contributed by atoms with van der Waals surface area (Å²) in [7, 11) is 0. The number of nitrogen functional groups attached to an aromatic ring is 1. The number of amides is 1. The third-order valence-electron chi connectivity index (χ3n) is 4.04. The molecule has 2 atom stereocenters. The van der Waals surface area contributed by atoms with Crippen molar-refractivity contribution < 1.29 is 4.79 Å². The molecule has 1 fully saturated rings. The van der Waals surface area contributed by atoms with Gasteiger partial charge in [-0.1, -0.05) is 25.1 Å². The normalized spacial score (nSPS) is 24.2. The molecule has 1 aromatic rings. The van der Waals surface area contributed by atoms with Gasteiger partial charge in [0.15, 0.2) is 0 Å². The monoisotopic (exact) mass is 261 g/mol. The molecule has 2 rings (SSSR count). The topological polar surface area (TPSA) is 58.4 Å². The fraction of sp³-hybridized carbons (Fsp3) is 0.533. The van der Waals surface area contributed by atoms with E-state index in [-0.39, 0.29) is 5.91 Å². The zero-order valence-corrected chi connectivity index (χ0v) is 11.7. The second-order valence-corrected chi connectivity index (χ2v) is 5.58. The first-order chi connectivity index (χ1) is 9.11. The minimum atomic E-state index is -0.214. The number of nitrogens with one attached hydrogen (secondary N) is 1. The van der Waals surface area contributed by atoms with Crippen LogP contribution in [0.2, 0.25) is 0 Å². The highest BCUT2D eigenvalue weighted by Gasteiger charge is 2.23. The maximum atomic E-state index is 11.8. The molecule has 4 heteroatoms. The minimum absolute atomic E-state index is 0.214. The Balaban J connectivity index is 2.13. The van der Waals surface area contributed by atoms with Gasteiger partial charge < -0.3 is 0 Å². The van der Waals surface area contributed by atoms with E-state index in [2.05, 4.69) is 24.2 Å². The SMILES string of the molecule is CC1CCN(Cc2ccccc2C(=O)NN)C(C)C1. The molecular weight excluding hydrogens is 238 g/mol. The summed E-state index contributed by atoms with van der Waals surface area (Å²) in [6.45, 7) is 6.49. The molecule has 0 spiro atoms. The number of rotatable bonds is 3. The van der Waals surface area contributed by atoms with Crippen molar-refractivity contribution in [2.75, 3.05) is 6.54 Å². The smallest absolute Gasteiger partial charge is 0.265 e. The lowest BCUT2D eigenvalue weighted by Gasteiger charge is -2.36. The van der Waals surface area contributed by atoms with E-state index < -0.39 is 0 Å². The van der Waals surface area contributed by atoms with Gasteiger partial charge >= 0.3 is 0 Å². The van der Waals surface area contributed by atoms with Crippen molar-refractivity contribution in [3.8, 4) is 0 Å². The predicted molar refractivity (Wildman–Crippen MR) is 76.4 cm³/mol. The first kappa shape index (κ1) is 14.0. The summed E-state index contributed by atoms with van der Waals surface area (Å²) in [5.41, 5.74) is 3.94. The van der Waals surface area contributed by atoms with Crippen LogP contribution in [-0.4, -0.2) is 23.4 Å². The van der Waals surface area contributed by atoms with Crippen molar-refractivity contribution in [3.63, 3.8) is 0 Å². The van der Waals surface area contributed by atoms with Crippen LogP contribution in [0.3, 0.4) is 0 Å². The molecule has 0 saturated carbocycles. The van der Waals surface area contributed by atoms with Crippen molar-refractivity contribution in [3.05, 3.63) is 35.4 Å². The quantitative estimate of drug-likeness (QED) is 0.496. The standard InChI is InChI=1S/C15H23N3O/c1-11-7-8-18(12(2)9-11)10-13-5-3-4-6-14(13)15(19)17-16/h3-6,11-12H,7-10,16H2,1-2H3,(H,17,19). The minimum Gasteiger partial charge on any atom is -0.296 e. The number of carbonyl (C=O) groups excluding carboxylic acids is 1. The molecule has 1 aromatic carbocycles. The Labute approximate surface area is 114 Å². The van der Waals surface area contributed by atoms with E-state index in [4.69, 9.17) is 5.84 Å². The van der Waals surface area contributed by atoms with E-state index >= 15 is 0 Å². The zero-order valence-electron chi connectivity index (χ0n) is 11.7. The van der Waals surface area contributed by atoms with Gasteiger partial charge in [-0.3, -0.25) is 15.1 Å². The fourth-order valence-electron chi connectivity index (χ4n) is 2.87. The van der Waals surface area contributed by atoms with Crippen LogP contribution >= 0.6 is 0 Å². The molecule has 0 aromatic heterocycles. The van der Waals surface area contributed by atoms with Crippen LogP contribution in [0.1, 0.15) is 42.6 Å². The average molecular weight is 261 g/mol. The van der Waals surface area contributed by atoms with Crippen molar-refractivity contribution in [2.24, 2.45) is 11.8 Å². The van der Waals surface area contributed by atoms with Crippen molar-refractivity contribution in [1.82, 2.24) is 10.3 Å². The number of benzene rings is 1. The van der Waals surface area contributed by atoms with E-state index in [1.807, 2.05) is 24.3 Å². The number of nitrogens with two attached hydrogens (primary N) is 1. The van der Waals surface area contributed by atoms with Crippen LogP contribution in [-0.2, 0) is 6.54 Å². The maximum Gasteiger partial charge on any atom is 0.265 e. The number of hydrogen-bond donors (Lipinski definition) is 2. The Morgan fingerprint density at radius 2 is 2.16 bits per heavy atom. The largest absolute Gasteiger partial charge is 0.296 e. The summed E-state index contributed by atoms with van der Waals surface area (Å²) in [4.78, 5) is 14.2. The molecule has 1 heterocycles. The number of likely N-dealkylation sites (tertiary alicyclic amines) is 1. The second kappa shape index (κ2) is 6.17. The Morgan fingerprint density at radius 1 is 1.42 bits per heavy atom. The van der Waals surface area contributed by atoms with Crippen LogP contribution < -0.4 is 11.3 Å². The highest BCUT2D eigenvalue weighted by Crippen LogP contribution is 2.24. The molecule has 1 aliphatic heterocycles. The number of hydrogen-bond acceptors (Lipinski definition) is 3. The van der Waals surface area contributed by atoms with Crippen LogP contribution in [0.5, 0.6) is 0 Å². The lowest BCUT2D eigenvalue weighted by Crippen LogP contribution is -2.40. The van der Waals surface area contributed by atoms with Crippen molar-refractivity contribution >= 4 is 5.91 Å². The molecule has 19 heavy (non-hydrogen) atoms. The second-order valence-electron chi connectivity index (χ2n) is 5.58. The Hall–Kier alpha value is -1.39. The molecule has 0 aliphatic carbocycles. The molecule has 0 bridgehead atoms. The summed E-state index contributed by atoms with van der Waals surface area (Å²) >= 11 is 0. The van der Waals surface area contributed by atoms with E-state index in [0.29, 0.717) is 11.6 Å². The summed E-state index contributed by atoms with van der Waals surface area (Å²) < 4.78 is 0. The van der Waals surface area contributed by atoms with Gasteiger partial charge in [-0.05, 0) is 43.9 Å². The van der Waals surface area contributed by atoms with Crippen LogP contribution in [0.25, 0.3) is 0 Å². The highest BCUT2D eigenvalue weighted by molar-refractivity contribution is 5.95. The van der Waals surface area contributed by atoms with Crippen LogP contribution in [0.4, 0.5) is 0 Å². The summed E-state index contributed by atoms with van der Waals surface area (Å²) in [6.07, 6.45) is 2.46. The van der Waals surface area contributed by atoms with E-state index in [0.717, 1.165) is 24.6 Å². The number of piperidine rings is 1. The van der Waals surface area contributed by atoms with Crippen LogP contribution in [0.15, 0.2) is 24.3 Å². The van der Waals surface area contributed by atoms with Crippen molar-refractivity contribution in [2.45, 2.75) is 39.3 Å². The number of carbonyl (C=O) groups is 1. The summed E-state index contributed by atoms with van der Waals surface area (Å²) in [6, 6.07) is 8.25. The number of nitrogens with zero attached hydrogens (tertiary/aromatic N) is 1. The first-order valence-corrected chi connectivity index (χ1v) is 6.94. The third kappa shape index (κ3) is 3.33. The van der Waals surface area contributed by atoms with Gasteiger partial charge in [0.05, 0.1) is 0 Å². The van der Waals surface area contributed by atoms with Crippen LogP contribution in [0, 0.1) is 5.92 Å². The van der Waals surface area contributed by atoms with Gasteiger partial charge in [-0.25, -0.2) is 5.84 Å². The Bertz CT molecular complexity index is 447. The maximum absolute atomic E-state index is 11.8. The van der Waals surface area contributed by atoms with Gasteiger partial charge in [0.1, 0.15) is 0 Å². The van der Waals surface area contributed by atoms with Crippen molar-refractivity contribution in [1.29, 1.82) is 0 Å². The highest BCUT2D eigenvalue weighted by atomic mass is 16.2. The zero-order chi connectivity index (χ0) is 13.8.